The van der Waals surface area contributed by atoms with Crippen molar-refractivity contribution in [3.63, 3.8) is 0 Å². The molecule has 3 rings (SSSR count). The number of amides is 1. The van der Waals surface area contributed by atoms with E-state index in [0.29, 0.717) is 5.69 Å². The molecule has 0 spiro atoms. The zero-order valence-electron chi connectivity index (χ0n) is 15.4. The van der Waals surface area contributed by atoms with Crippen molar-refractivity contribution < 1.29 is 9.72 Å². The lowest BCUT2D eigenvalue weighted by molar-refractivity contribution is -0.384. The highest BCUT2D eigenvalue weighted by Gasteiger charge is 2.15. The number of carbonyl (C=O) groups excluding carboxylic acids is 1. The van der Waals surface area contributed by atoms with Gasteiger partial charge in [-0.25, -0.2) is 0 Å². The van der Waals surface area contributed by atoms with Crippen LogP contribution in [-0.4, -0.2) is 30.0 Å². The monoisotopic (exact) mass is 368 g/mol. The van der Waals surface area contributed by atoms with Crippen LogP contribution in [0.25, 0.3) is 0 Å². The summed E-state index contributed by atoms with van der Waals surface area (Å²) < 4.78 is 0. The third-order valence-corrected chi connectivity index (χ3v) is 4.69. The second-order valence-corrected chi connectivity index (χ2v) is 6.76. The lowest BCUT2D eigenvalue weighted by Crippen LogP contribution is -2.32. The molecule has 1 unspecified atom stereocenters. The first-order chi connectivity index (χ1) is 13.0. The predicted molar refractivity (Wildman–Crippen MR) is 107 cm³/mol. The van der Waals surface area contributed by atoms with Crippen LogP contribution in [0.5, 0.6) is 0 Å². The van der Waals surface area contributed by atoms with E-state index in [1.807, 2.05) is 12.1 Å². The summed E-state index contributed by atoms with van der Waals surface area (Å²) in [5.41, 5.74) is 2.59. The molecule has 1 amide bonds. The molecule has 2 aromatic carbocycles. The Morgan fingerprint density at radius 2 is 1.78 bits per heavy atom. The van der Waals surface area contributed by atoms with Gasteiger partial charge in [0.15, 0.2) is 0 Å². The number of benzene rings is 2. The minimum atomic E-state index is -0.467. The Kier molecular flexibility index (Phi) is 5.90. The van der Waals surface area contributed by atoms with Crippen LogP contribution in [0.3, 0.4) is 0 Å². The van der Waals surface area contributed by atoms with Crippen LogP contribution in [-0.2, 0) is 4.79 Å². The molecular formula is C20H24N4O3. The van der Waals surface area contributed by atoms with Gasteiger partial charge in [-0.3, -0.25) is 14.9 Å². The average molecular weight is 368 g/mol. The fourth-order valence-electron chi connectivity index (χ4n) is 3.18. The van der Waals surface area contributed by atoms with E-state index in [4.69, 9.17) is 0 Å². The molecule has 0 aliphatic carbocycles. The van der Waals surface area contributed by atoms with Crippen LogP contribution in [0.15, 0.2) is 48.5 Å². The molecule has 1 heterocycles. The van der Waals surface area contributed by atoms with Crippen molar-refractivity contribution in [3.05, 3.63) is 58.6 Å². The number of nitro benzene ring substituents is 1. The Bertz CT molecular complexity index is 801. The maximum atomic E-state index is 12.4. The largest absolute Gasteiger partial charge is 0.374 e. The molecule has 2 N–H and O–H groups in total. The minimum Gasteiger partial charge on any atom is -0.374 e. The van der Waals surface area contributed by atoms with Crippen LogP contribution in [0.1, 0.15) is 26.2 Å². The van der Waals surface area contributed by atoms with E-state index in [-0.39, 0.29) is 11.6 Å². The van der Waals surface area contributed by atoms with Gasteiger partial charge in [-0.1, -0.05) is 6.07 Å². The summed E-state index contributed by atoms with van der Waals surface area (Å²) >= 11 is 0. The number of nitro groups is 1. The number of non-ortho nitro benzene ring substituents is 1. The molecule has 0 saturated carbocycles. The van der Waals surface area contributed by atoms with Gasteiger partial charge in [0.2, 0.25) is 5.91 Å². The van der Waals surface area contributed by atoms with Gasteiger partial charge < -0.3 is 15.5 Å². The fraction of sp³-hybridized carbons (Fsp3) is 0.350. The summed E-state index contributed by atoms with van der Waals surface area (Å²) in [5, 5.41) is 16.7. The van der Waals surface area contributed by atoms with Crippen LogP contribution < -0.4 is 15.5 Å². The molecule has 1 saturated heterocycles. The first-order valence-corrected chi connectivity index (χ1v) is 9.20. The summed E-state index contributed by atoms with van der Waals surface area (Å²) in [5.74, 6) is -0.202. The topological polar surface area (TPSA) is 87.5 Å². The molecule has 1 aliphatic rings. The quantitative estimate of drug-likeness (QED) is 0.594. The van der Waals surface area contributed by atoms with Crippen molar-refractivity contribution in [2.24, 2.45) is 0 Å². The van der Waals surface area contributed by atoms with Crippen LogP contribution in [0.2, 0.25) is 0 Å². The van der Waals surface area contributed by atoms with Gasteiger partial charge in [0, 0.05) is 42.3 Å². The highest BCUT2D eigenvalue weighted by molar-refractivity contribution is 5.96. The Morgan fingerprint density at radius 3 is 2.44 bits per heavy atom. The molecule has 0 aromatic heterocycles. The number of hydrogen-bond donors (Lipinski definition) is 2. The number of nitrogens with zero attached hydrogens (tertiary/aromatic N) is 2. The van der Waals surface area contributed by atoms with Gasteiger partial charge in [-0.15, -0.1) is 0 Å². The molecule has 7 nitrogen and oxygen atoms in total. The van der Waals surface area contributed by atoms with Gasteiger partial charge in [-0.2, -0.15) is 0 Å². The van der Waals surface area contributed by atoms with E-state index in [1.165, 1.54) is 49.2 Å². The van der Waals surface area contributed by atoms with E-state index in [1.54, 1.807) is 6.92 Å². The zero-order valence-corrected chi connectivity index (χ0v) is 15.4. The number of hydrogen-bond acceptors (Lipinski definition) is 5. The molecule has 27 heavy (non-hydrogen) atoms. The Labute approximate surface area is 158 Å². The maximum Gasteiger partial charge on any atom is 0.269 e. The molecular weight excluding hydrogens is 344 g/mol. The molecule has 1 aliphatic heterocycles. The average Bonchev–Trinajstić information content (AvgIpc) is 2.69. The molecule has 2 aromatic rings. The van der Waals surface area contributed by atoms with Gasteiger partial charge >= 0.3 is 0 Å². The number of piperidine rings is 1. The summed E-state index contributed by atoms with van der Waals surface area (Å²) in [7, 11) is 0. The van der Waals surface area contributed by atoms with Crippen molar-refractivity contribution in [3.8, 4) is 0 Å². The Morgan fingerprint density at radius 1 is 1.07 bits per heavy atom. The van der Waals surface area contributed by atoms with E-state index in [9.17, 15) is 14.9 Å². The lowest BCUT2D eigenvalue weighted by atomic mass is 10.1. The summed E-state index contributed by atoms with van der Waals surface area (Å²) in [6.07, 6.45) is 3.71. The van der Waals surface area contributed by atoms with E-state index in [0.717, 1.165) is 18.8 Å². The third-order valence-electron chi connectivity index (χ3n) is 4.69. The van der Waals surface area contributed by atoms with Gasteiger partial charge in [0.25, 0.3) is 5.69 Å². The highest BCUT2D eigenvalue weighted by atomic mass is 16.6. The van der Waals surface area contributed by atoms with Crippen LogP contribution >= 0.6 is 0 Å². The van der Waals surface area contributed by atoms with Crippen molar-refractivity contribution in [2.45, 2.75) is 32.2 Å². The molecule has 1 atom stereocenters. The standard InChI is InChI=1S/C20H24N4O3/c1-15(20(25)22-16-8-10-18(11-9-16)24(26)27)21-17-6-5-7-19(14-17)23-12-3-2-4-13-23/h5-11,14-15,21H,2-4,12-13H2,1H3,(H,22,25). The van der Waals surface area contributed by atoms with Crippen molar-refractivity contribution in [2.75, 3.05) is 28.6 Å². The van der Waals surface area contributed by atoms with E-state index < -0.39 is 11.0 Å². The number of anilines is 3. The second-order valence-electron chi connectivity index (χ2n) is 6.76. The first kappa shape index (κ1) is 18.7. The van der Waals surface area contributed by atoms with Crippen LogP contribution in [0, 0.1) is 10.1 Å². The lowest BCUT2D eigenvalue weighted by Gasteiger charge is -2.29. The molecule has 142 valence electrons. The molecule has 1 fully saturated rings. The number of nitrogens with one attached hydrogen (secondary N) is 2. The number of rotatable bonds is 6. The Balaban J connectivity index is 1.59. The molecule has 0 bridgehead atoms. The summed E-state index contributed by atoms with van der Waals surface area (Å²) in [6, 6.07) is 13.5. The van der Waals surface area contributed by atoms with Crippen LogP contribution in [0.4, 0.5) is 22.7 Å². The maximum absolute atomic E-state index is 12.4. The highest BCUT2D eigenvalue weighted by Crippen LogP contribution is 2.23. The Hall–Kier alpha value is -3.09. The number of carbonyl (C=O) groups is 1. The third kappa shape index (κ3) is 4.97. The van der Waals surface area contributed by atoms with Gasteiger partial charge in [0.05, 0.1) is 4.92 Å². The van der Waals surface area contributed by atoms with E-state index in [2.05, 4.69) is 27.7 Å². The summed E-state index contributed by atoms with van der Waals surface area (Å²) in [6.45, 7) is 3.92. The summed E-state index contributed by atoms with van der Waals surface area (Å²) in [4.78, 5) is 25.0. The van der Waals surface area contributed by atoms with Gasteiger partial charge in [0.1, 0.15) is 6.04 Å². The second kappa shape index (κ2) is 8.53. The normalized spacial score (nSPS) is 15.1. The predicted octanol–water partition coefficient (Wildman–Crippen LogP) is 4.02. The SMILES string of the molecule is CC(Nc1cccc(N2CCCCC2)c1)C(=O)Nc1ccc([N+](=O)[O-])cc1. The van der Waals surface area contributed by atoms with Crippen molar-refractivity contribution in [1.82, 2.24) is 0 Å². The van der Waals surface area contributed by atoms with Crippen molar-refractivity contribution >= 4 is 28.7 Å². The first-order valence-electron chi connectivity index (χ1n) is 9.20. The molecule has 0 radical (unpaired) electrons. The zero-order chi connectivity index (χ0) is 19.2. The van der Waals surface area contributed by atoms with Gasteiger partial charge in [-0.05, 0) is 56.5 Å². The molecule has 7 heteroatoms. The van der Waals surface area contributed by atoms with Crippen molar-refractivity contribution in [1.29, 1.82) is 0 Å². The fourth-order valence-corrected chi connectivity index (χ4v) is 3.18. The van der Waals surface area contributed by atoms with E-state index >= 15 is 0 Å². The smallest absolute Gasteiger partial charge is 0.269 e. The minimum absolute atomic E-state index is 0.00583.